The zero-order chi connectivity index (χ0) is 26.3. The maximum Gasteiger partial charge on any atom is 0.221 e. The van der Waals surface area contributed by atoms with Crippen molar-refractivity contribution >= 4 is 5.69 Å². The summed E-state index contributed by atoms with van der Waals surface area (Å²) >= 11 is 0. The van der Waals surface area contributed by atoms with Gasteiger partial charge in [-0.15, -0.1) is 0 Å². The number of rotatable bonds is 5. The summed E-state index contributed by atoms with van der Waals surface area (Å²) < 4.78 is 39.0. The normalized spacial score (nSPS) is 21.8. The lowest BCUT2D eigenvalue weighted by atomic mass is 9.76. The summed E-state index contributed by atoms with van der Waals surface area (Å²) in [5.41, 5.74) is 15.2. The first kappa shape index (κ1) is 24.2. The Bertz CT molecular complexity index is 1500. The number of nitrogens with zero attached hydrogens (tertiary/aromatic N) is 1. The predicted molar refractivity (Wildman–Crippen MR) is 139 cm³/mol. The third-order valence-corrected chi connectivity index (χ3v) is 6.95. The van der Waals surface area contributed by atoms with Crippen molar-refractivity contribution in [1.82, 2.24) is 10.3 Å². The summed E-state index contributed by atoms with van der Waals surface area (Å²) in [6.45, 7) is 0.546. The van der Waals surface area contributed by atoms with Crippen LogP contribution in [0.1, 0.15) is 28.8 Å². The van der Waals surface area contributed by atoms with Crippen LogP contribution in [-0.2, 0) is 22.7 Å². The molecule has 3 aromatic carbocycles. The number of aromatic nitrogens is 1. The SMILES string of the molecule is COc1cc(F)c2c(c1)C1(CCOC(N)(c3ncccc3OCc3ccccc3)N1)c1cc(N)ccc1O2. The number of nitrogens with one attached hydrogen (secondary N) is 1. The second-order valence-electron chi connectivity index (χ2n) is 9.33. The van der Waals surface area contributed by atoms with Gasteiger partial charge in [-0.05, 0) is 48.4 Å². The second kappa shape index (κ2) is 9.29. The molecule has 38 heavy (non-hydrogen) atoms. The standard InChI is InChI=1S/C29H27FN4O4/c1-35-20-15-22-26(23(30)16-20)38-24-10-9-19(31)14-21(24)28(22)11-13-37-29(32,34-28)27-25(8-5-12-33-27)36-17-18-6-3-2-4-7-18/h2-10,12,14-16,34H,11,13,17,31-32H2,1H3. The van der Waals surface area contributed by atoms with E-state index in [1.165, 1.54) is 13.2 Å². The largest absolute Gasteiger partial charge is 0.497 e. The number of anilines is 1. The van der Waals surface area contributed by atoms with Crippen LogP contribution in [-0.4, -0.2) is 18.7 Å². The topological polar surface area (TPSA) is 114 Å². The van der Waals surface area contributed by atoms with Crippen molar-refractivity contribution in [1.29, 1.82) is 0 Å². The number of hydrogen-bond acceptors (Lipinski definition) is 8. The van der Waals surface area contributed by atoms with Crippen molar-refractivity contribution in [3.05, 3.63) is 107 Å². The lowest BCUT2D eigenvalue weighted by Gasteiger charge is -2.49. The van der Waals surface area contributed by atoms with Gasteiger partial charge in [0.1, 0.15) is 29.5 Å². The fraction of sp³-hybridized carbons (Fsp3) is 0.207. The number of pyridine rings is 1. The summed E-state index contributed by atoms with van der Waals surface area (Å²) in [5, 5.41) is 3.47. The molecule has 1 spiro atoms. The van der Waals surface area contributed by atoms with E-state index < -0.39 is 17.2 Å². The number of nitrogens with two attached hydrogens (primary N) is 2. The van der Waals surface area contributed by atoms with E-state index in [-0.39, 0.29) is 12.4 Å². The van der Waals surface area contributed by atoms with E-state index in [1.807, 2.05) is 30.3 Å². The summed E-state index contributed by atoms with van der Waals surface area (Å²) in [6, 6.07) is 21.6. The van der Waals surface area contributed by atoms with Crippen molar-refractivity contribution < 1.29 is 23.3 Å². The molecule has 0 bridgehead atoms. The third kappa shape index (κ3) is 4.01. The molecule has 5 N–H and O–H groups in total. The molecule has 0 saturated carbocycles. The molecule has 0 amide bonds. The van der Waals surface area contributed by atoms with Gasteiger partial charge >= 0.3 is 0 Å². The number of nitrogen functional groups attached to an aromatic ring is 1. The number of halogens is 1. The lowest BCUT2D eigenvalue weighted by Crippen LogP contribution is -2.65. The summed E-state index contributed by atoms with van der Waals surface area (Å²) in [5.74, 6) is -0.795. The van der Waals surface area contributed by atoms with Gasteiger partial charge in [0, 0.05) is 29.1 Å². The Kier molecular flexibility index (Phi) is 5.91. The molecule has 0 aliphatic carbocycles. The van der Waals surface area contributed by atoms with Gasteiger partial charge in [-0.1, -0.05) is 30.3 Å². The molecule has 2 aliphatic rings. The molecular weight excluding hydrogens is 487 g/mol. The van der Waals surface area contributed by atoms with Crippen LogP contribution in [0.4, 0.5) is 10.1 Å². The maximum atomic E-state index is 15.3. The van der Waals surface area contributed by atoms with Crippen molar-refractivity contribution in [2.45, 2.75) is 24.4 Å². The van der Waals surface area contributed by atoms with Crippen molar-refractivity contribution in [2.24, 2.45) is 5.73 Å². The maximum absolute atomic E-state index is 15.3. The molecule has 0 radical (unpaired) electrons. The molecule has 2 unspecified atom stereocenters. The minimum Gasteiger partial charge on any atom is -0.497 e. The van der Waals surface area contributed by atoms with Crippen LogP contribution in [0, 0.1) is 5.82 Å². The lowest BCUT2D eigenvalue weighted by molar-refractivity contribution is -0.135. The summed E-state index contributed by atoms with van der Waals surface area (Å²) in [6.07, 6.45) is 2.04. The Morgan fingerprint density at radius 2 is 1.89 bits per heavy atom. The monoisotopic (exact) mass is 514 g/mol. The van der Waals surface area contributed by atoms with Gasteiger partial charge in [-0.2, -0.15) is 0 Å². The fourth-order valence-electron chi connectivity index (χ4n) is 5.17. The third-order valence-electron chi connectivity index (χ3n) is 6.95. The van der Waals surface area contributed by atoms with E-state index in [0.717, 1.165) is 5.56 Å². The molecular formula is C29H27FN4O4. The quantitative estimate of drug-likeness (QED) is 0.333. The van der Waals surface area contributed by atoms with Crippen LogP contribution in [0.3, 0.4) is 0 Å². The highest BCUT2D eigenvalue weighted by Crippen LogP contribution is 2.53. The smallest absolute Gasteiger partial charge is 0.221 e. The first-order valence-corrected chi connectivity index (χ1v) is 12.2. The van der Waals surface area contributed by atoms with Crippen LogP contribution >= 0.6 is 0 Å². The highest BCUT2D eigenvalue weighted by molar-refractivity contribution is 5.63. The zero-order valence-electron chi connectivity index (χ0n) is 20.7. The highest BCUT2D eigenvalue weighted by Gasteiger charge is 2.52. The Balaban J connectivity index is 1.47. The second-order valence-corrected chi connectivity index (χ2v) is 9.33. The molecule has 3 heterocycles. The van der Waals surface area contributed by atoms with E-state index in [4.69, 9.17) is 30.4 Å². The molecule has 194 valence electrons. The summed E-state index contributed by atoms with van der Waals surface area (Å²) in [7, 11) is 1.48. The number of benzene rings is 3. The molecule has 2 atom stereocenters. The van der Waals surface area contributed by atoms with Crippen LogP contribution in [0.2, 0.25) is 0 Å². The Morgan fingerprint density at radius 1 is 1.05 bits per heavy atom. The van der Waals surface area contributed by atoms with Crippen molar-refractivity contribution in [3.8, 4) is 23.0 Å². The predicted octanol–water partition coefficient (Wildman–Crippen LogP) is 4.52. The minimum absolute atomic E-state index is 0.0846. The molecule has 9 heteroatoms. The van der Waals surface area contributed by atoms with E-state index in [9.17, 15) is 0 Å². The average Bonchev–Trinajstić information content (AvgIpc) is 2.94. The molecule has 1 saturated heterocycles. The van der Waals surface area contributed by atoms with Gasteiger partial charge in [0.25, 0.3) is 0 Å². The zero-order valence-corrected chi connectivity index (χ0v) is 20.7. The first-order chi connectivity index (χ1) is 18.4. The van der Waals surface area contributed by atoms with Crippen LogP contribution in [0.25, 0.3) is 0 Å². The van der Waals surface area contributed by atoms with Crippen molar-refractivity contribution in [3.63, 3.8) is 0 Å². The van der Waals surface area contributed by atoms with Crippen LogP contribution in [0.5, 0.6) is 23.0 Å². The van der Waals surface area contributed by atoms with Gasteiger partial charge in [-0.3, -0.25) is 16.0 Å². The fourth-order valence-corrected chi connectivity index (χ4v) is 5.17. The van der Waals surface area contributed by atoms with Crippen LogP contribution < -0.4 is 31.0 Å². The van der Waals surface area contributed by atoms with Crippen LogP contribution in [0.15, 0.2) is 79.0 Å². The molecule has 4 aromatic rings. The van der Waals surface area contributed by atoms with Gasteiger partial charge in [0.15, 0.2) is 11.6 Å². The average molecular weight is 515 g/mol. The van der Waals surface area contributed by atoms with Gasteiger partial charge in [-0.25, -0.2) is 4.39 Å². The van der Waals surface area contributed by atoms with Gasteiger partial charge in [0.05, 0.1) is 19.3 Å². The van der Waals surface area contributed by atoms with Crippen molar-refractivity contribution in [2.75, 3.05) is 19.5 Å². The number of fused-ring (bicyclic) bond motifs is 4. The Hall–Kier alpha value is -4.18. The number of methoxy groups -OCH3 is 1. The number of hydrogen-bond donors (Lipinski definition) is 3. The number of ether oxygens (including phenoxy) is 4. The Morgan fingerprint density at radius 3 is 2.71 bits per heavy atom. The van der Waals surface area contributed by atoms with E-state index in [0.29, 0.717) is 52.8 Å². The van der Waals surface area contributed by atoms with E-state index in [1.54, 1.807) is 42.6 Å². The first-order valence-electron chi connectivity index (χ1n) is 12.2. The molecule has 8 nitrogen and oxygen atoms in total. The highest BCUT2D eigenvalue weighted by atomic mass is 19.1. The van der Waals surface area contributed by atoms with E-state index >= 15 is 4.39 Å². The van der Waals surface area contributed by atoms with E-state index in [2.05, 4.69) is 10.3 Å². The molecule has 2 aliphatic heterocycles. The summed E-state index contributed by atoms with van der Waals surface area (Å²) in [4.78, 5) is 4.55. The minimum atomic E-state index is -1.60. The molecule has 6 rings (SSSR count). The Labute approximate surface area is 219 Å². The molecule has 1 aromatic heterocycles. The van der Waals surface area contributed by atoms with Gasteiger partial charge in [0.2, 0.25) is 5.85 Å². The van der Waals surface area contributed by atoms with Gasteiger partial charge < -0.3 is 24.7 Å². The molecule has 1 fully saturated rings.